The lowest BCUT2D eigenvalue weighted by Gasteiger charge is -2.20. The smallest absolute Gasteiger partial charge is 0.311 e. The molecule has 2 rings (SSSR count). The minimum Gasteiger partial charge on any atom is -0.469 e. The number of hydrogen-bond donors (Lipinski definition) is 0. The molecule has 1 heterocycles. The Morgan fingerprint density at radius 3 is 2.68 bits per heavy atom. The first-order valence-corrected chi connectivity index (χ1v) is 7.99. The van der Waals surface area contributed by atoms with Crippen molar-refractivity contribution < 1.29 is 19.0 Å². The van der Waals surface area contributed by atoms with E-state index in [1.54, 1.807) is 0 Å². The Morgan fingerprint density at radius 1 is 1.27 bits per heavy atom. The van der Waals surface area contributed by atoms with Crippen molar-refractivity contribution in [3.8, 4) is 0 Å². The summed E-state index contributed by atoms with van der Waals surface area (Å²) < 4.78 is 16.7. The van der Waals surface area contributed by atoms with Crippen molar-refractivity contribution in [2.24, 2.45) is 5.92 Å². The number of carbonyl (C=O) groups is 1. The Balaban J connectivity index is 1.72. The minimum absolute atomic E-state index is 0.0289. The van der Waals surface area contributed by atoms with Gasteiger partial charge < -0.3 is 14.2 Å². The molecule has 4 heteroatoms. The minimum atomic E-state index is -0.199. The van der Waals surface area contributed by atoms with Crippen molar-refractivity contribution in [2.45, 2.75) is 58.0 Å². The van der Waals surface area contributed by atoms with Crippen molar-refractivity contribution in [3.05, 3.63) is 35.9 Å². The number of benzene rings is 1. The second-order valence-electron chi connectivity index (χ2n) is 6.03. The summed E-state index contributed by atoms with van der Waals surface area (Å²) in [5.74, 6) is -0.394. The monoisotopic (exact) mass is 306 g/mol. The quantitative estimate of drug-likeness (QED) is 0.725. The number of ether oxygens (including phenoxy) is 3. The van der Waals surface area contributed by atoms with Crippen molar-refractivity contribution in [1.82, 2.24) is 0 Å². The number of carbonyl (C=O) groups excluding carboxylic acids is 1. The molecule has 4 nitrogen and oxygen atoms in total. The molecule has 1 saturated heterocycles. The van der Waals surface area contributed by atoms with Gasteiger partial charge in [0.25, 0.3) is 0 Å². The van der Waals surface area contributed by atoms with E-state index in [1.165, 1.54) is 12.7 Å². The zero-order valence-corrected chi connectivity index (χ0v) is 13.7. The predicted octanol–water partition coefficient (Wildman–Crippen LogP) is 3.34. The Bertz CT molecular complexity index is 459. The molecule has 1 aromatic carbocycles. The molecule has 0 aliphatic carbocycles. The van der Waals surface area contributed by atoms with E-state index >= 15 is 0 Å². The van der Waals surface area contributed by atoms with Crippen LogP contribution in [0.25, 0.3) is 0 Å². The maximum atomic E-state index is 11.6. The zero-order valence-electron chi connectivity index (χ0n) is 13.7. The lowest BCUT2D eigenvalue weighted by Crippen LogP contribution is -2.28. The first-order chi connectivity index (χ1) is 10.6. The molecular formula is C18H26O4. The fraction of sp³-hybridized carbons (Fsp3) is 0.611. The van der Waals surface area contributed by atoms with Crippen LogP contribution in [0, 0.1) is 5.92 Å². The molecule has 0 N–H and O–H groups in total. The standard InChI is InChI=1S/C18H26O4/c1-13(21-12-15-7-5-4-6-8-15)11-16-9-10-17(22-16)14(2)18(19)20-3/h4-8,13-14,16-17H,9-12H2,1-3H3/t13-,14-,16-,17+/m1/s1. The van der Waals surface area contributed by atoms with Gasteiger partial charge in [0.15, 0.2) is 0 Å². The summed E-state index contributed by atoms with van der Waals surface area (Å²) in [6.45, 7) is 4.56. The molecule has 1 aromatic rings. The molecule has 1 aliphatic rings. The van der Waals surface area contributed by atoms with Crippen molar-refractivity contribution in [3.63, 3.8) is 0 Å². The molecule has 0 aromatic heterocycles. The van der Waals surface area contributed by atoms with Gasteiger partial charge in [-0.15, -0.1) is 0 Å². The Hall–Kier alpha value is -1.39. The van der Waals surface area contributed by atoms with Gasteiger partial charge in [0.1, 0.15) is 0 Å². The molecule has 0 radical (unpaired) electrons. The van der Waals surface area contributed by atoms with Gasteiger partial charge in [-0.1, -0.05) is 30.3 Å². The molecular weight excluding hydrogens is 280 g/mol. The number of esters is 1. The van der Waals surface area contributed by atoms with Crippen molar-refractivity contribution in [2.75, 3.05) is 7.11 Å². The maximum absolute atomic E-state index is 11.6. The van der Waals surface area contributed by atoms with Crippen LogP contribution in [-0.2, 0) is 25.6 Å². The second kappa shape index (κ2) is 8.30. The Kier molecular flexibility index (Phi) is 6.40. The van der Waals surface area contributed by atoms with Crippen LogP contribution in [0.4, 0.5) is 0 Å². The lowest BCUT2D eigenvalue weighted by atomic mass is 10.0. The van der Waals surface area contributed by atoms with E-state index in [2.05, 4.69) is 19.1 Å². The van der Waals surface area contributed by atoms with Gasteiger partial charge in [-0.2, -0.15) is 0 Å². The highest BCUT2D eigenvalue weighted by Crippen LogP contribution is 2.29. The van der Waals surface area contributed by atoms with Crippen LogP contribution in [0.15, 0.2) is 30.3 Å². The molecule has 0 saturated carbocycles. The molecule has 0 spiro atoms. The molecule has 4 atom stereocenters. The van der Waals surface area contributed by atoms with Gasteiger partial charge >= 0.3 is 5.97 Å². The number of methoxy groups -OCH3 is 1. The summed E-state index contributed by atoms with van der Waals surface area (Å²) in [5.41, 5.74) is 1.18. The van der Waals surface area contributed by atoms with Gasteiger partial charge in [-0.3, -0.25) is 4.79 Å². The normalized spacial score (nSPS) is 24.0. The van der Waals surface area contributed by atoms with Gasteiger partial charge in [0.2, 0.25) is 0 Å². The van der Waals surface area contributed by atoms with Crippen LogP contribution >= 0.6 is 0 Å². The topological polar surface area (TPSA) is 44.8 Å². The van der Waals surface area contributed by atoms with E-state index in [1.807, 2.05) is 25.1 Å². The molecule has 22 heavy (non-hydrogen) atoms. The lowest BCUT2D eigenvalue weighted by molar-refractivity contribution is -0.150. The van der Waals surface area contributed by atoms with Gasteiger partial charge in [0, 0.05) is 0 Å². The fourth-order valence-electron chi connectivity index (χ4n) is 2.86. The molecule has 0 amide bonds. The number of hydrogen-bond acceptors (Lipinski definition) is 4. The third-order valence-corrected chi connectivity index (χ3v) is 4.24. The highest BCUT2D eigenvalue weighted by atomic mass is 16.5. The highest BCUT2D eigenvalue weighted by Gasteiger charge is 2.34. The fourth-order valence-corrected chi connectivity index (χ4v) is 2.86. The molecule has 122 valence electrons. The molecule has 0 unspecified atom stereocenters. The largest absolute Gasteiger partial charge is 0.469 e. The first-order valence-electron chi connectivity index (χ1n) is 7.99. The Labute approximate surface area is 132 Å². The van der Waals surface area contributed by atoms with E-state index in [-0.39, 0.29) is 30.2 Å². The van der Waals surface area contributed by atoms with Gasteiger partial charge in [-0.25, -0.2) is 0 Å². The third-order valence-electron chi connectivity index (χ3n) is 4.24. The van der Waals surface area contributed by atoms with E-state index in [4.69, 9.17) is 14.2 Å². The summed E-state index contributed by atoms with van der Waals surface area (Å²) in [7, 11) is 1.42. The zero-order chi connectivity index (χ0) is 15.9. The van der Waals surface area contributed by atoms with Crippen molar-refractivity contribution >= 4 is 5.97 Å². The molecule has 1 aliphatic heterocycles. The van der Waals surface area contributed by atoms with Gasteiger partial charge in [0.05, 0.1) is 37.9 Å². The van der Waals surface area contributed by atoms with E-state index in [9.17, 15) is 4.79 Å². The summed E-state index contributed by atoms with van der Waals surface area (Å²) in [6.07, 6.45) is 3.02. The van der Waals surface area contributed by atoms with Crippen LogP contribution in [0.3, 0.4) is 0 Å². The van der Waals surface area contributed by atoms with Crippen LogP contribution in [0.1, 0.15) is 38.7 Å². The summed E-state index contributed by atoms with van der Waals surface area (Å²) in [6, 6.07) is 10.2. The highest BCUT2D eigenvalue weighted by molar-refractivity contribution is 5.72. The molecule has 1 fully saturated rings. The van der Waals surface area contributed by atoms with Gasteiger partial charge in [-0.05, 0) is 38.7 Å². The average Bonchev–Trinajstić information content (AvgIpc) is 3.00. The van der Waals surface area contributed by atoms with E-state index in [0.29, 0.717) is 6.61 Å². The van der Waals surface area contributed by atoms with Crippen LogP contribution < -0.4 is 0 Å². The maximum Gasteiger partial charge on any atom is 0.311 e. The number of rotatable bonds is 7. The summed E-state index contributed by atoms with van der Waals surface area (Å²) in [5, 5.41) is 0. The first kappa shape index (κ1) is 17.0. The molecule has 0 bridgehead atoms. The average molecular weight is 306 g/mol. The predicted molar refractivity (Wildman–Crippen MR) is 84.4 cm³/mol. The van der Waals surface area contributed by atoms with Crippen molar-refractivity contribution in [1.29, 1.82) is 0 Å². The Morgan fingerprint density at radius 2 is 2.00 bits per heavy atom. The summed E-state index contributed by atoms with van der Waals surface area (Å²) in [4.78, 5) is 11.6. The van der Waals surface area contributed by atoms with E-state index < -0.39 is 0 Å². The van der Waals surface area contributed by atoms with Crippen LogP contribution in [0.2, 0.25) is 0 Å². The SMILES string of the molecule is COC(=O)[C@H](C)[C@@H]1CC[C@H](C[C@@H](C)OCc2ccccc2)O1. The third kappa shape index (κ3) is 4.82. The van der Waals surface area contributed by atoms with Crippen LogP contribution in [-0.4, -0.2) is 31.4 Å². The van der Waals surface area contributed by atoms with Crippen LogP contribution in [0.5, 0.6) is 0 Å². The van der Waals surface area contributed by atoms with E-state index in [0.717, 1.165) is 19.3 Å². The summed E-state index contributed by atoms with van der Waals surface area (Å²) >= 11 is 0. The second-order valence-corrected chi connectivity index (χ2v) is 6.03.